The fourth-order valence-electron chi connectivity index (χ4n) is 1.16. The van der Waals surface area contributed by atoms with Crippen molar-refractivity contribution in [3.8, 4) is 0 Å². The van der Waals surface area contributed by atoms with Crippen LogP contribution in [-0.2, 0) is 19.1 Å². The molecule has 0 saturated heterocycles. The van der Waals surface area contributed by atoms with Crippen molar-refractivity contribution in [2.24, 2.45) is 5.92 Å². The summed E-state index contributed by atoms with van der Waals surface area (Å²) in [5, 5.41) is 0. The molecule has 0 aromatic heterocycles. The van der Waals surface area contributed by atoms with Crippen LogP contribution in [0.2, 0.25) is 0 Å². The molecule has 0 amide bonds. The number of hydrogen-bond donors (Lipinski definition) is 0. The molecule has 4 heteroatoms. The highest BCUT2D eigenvalue weighted by Gasteiger charge is 2.23. The molecule has 0 aromatic carbocycles. The normalized spacial score (nSPS) is 11.7. The lowest BCUT2D eigenvalue weighted by Crippen LogP contribution is -2.22. The number of carbonyl (C=O) groups excluding carboxylic acids is 2. The van der Waals surface area contributed by atoms with Crippen LogP contribution in [0.5, 0.6) is 0 Å². The molecule has 0 aliphatic carbocycles. The summed E-state index contributed by atoms with van der Waals surface area (Å²) in [5.41, 5.74) is 0.160. The molecule has 0 rings (SSSR count). The van der Waals surface area contributed by atoms with Crippen LogP contribution in [0.1, 0.15) is 46.5 Å². The summed E-state index contributed by atoms with van der Waals surface area (Å²) in [6.07, 6.45) is 3.55. The Morgan fingerprint density at radius 1 is 1.06 bits per heavy atom. The highest BCUT2D eigenvalue weighted by atomic mass is 16.5. The number of rotatable bonds is 9. The van der Waals surface area contributed by atoms with E-state index in [9.17, 15) is 9.59 Å². The Hall–Kier alpha value is -1.32. The van der Waals surface area contributed by atoms with E-state index in [1.807, 2.05) is 13.8 Å². The smallest absolute Gasteiger partial charge is 0.334 e. The number of esters is 2. The van der Waals surface area contributed by atoms with Gasteiger partial charge in [-0.3, -0.25) is 4.79 Å². The van der Waals surface area contributed by atoms with E-state index in [0.717, 1.165) is 25.7 Å². The first-order valence-corrected chi connectivity index (χ1v) is 6.57. The molecular formula is C14H24O4. The van der Waals surface area contributed by atoms with Gasteiger partial charge in [0.2, 0.25) is 0 Å². The maximum Gasteiger partial charge on any atom is 0.334 e. The van der Waals surface area contributed by atoms with E-state index < -0.39 is 17.9 Å². The average molecular weight is 256 g/mol. The quantitative estimate of drug-likeness (QED) is 0.361. The van der Waals surface area contributed by atoms with Crippen molar-refractivity contribution in [2.45, 2.75) is 46.5 Å². The lowest BCUT2D eigenvalue weighted by atomic mass is 10.0. The molecule has 0 aromatic rings. The predicted octanol–water partition coefficient (Wildman–Crippen LogP) is 2.87. The second-order valence-corrected chi connectivity index (χ2v) is 4.26. The van der Waals surface area contributed by atoms with Gasteiger partial charge in [-0.2, -0.15) is 0 Å². The van der Waals surface area contributed by atoms with Crippen LogP contribution in [0.15, 0.2) is 12.2 Å². The molecule has 1 atom stereocenters. The van der Waals surface area contributed by atoms with Gasteiger partial charge in [0.25, 0.3) is 0 Å². The summed E-state index contributed by atoms with van der Waals surface area (Å²) in [6, 6.07) is 0. The van der Waals surface area contributed by atoms with Gasteiger partial charge in [0.15, 0.2) is 0 Å². The molecule has 0 aliphatic heterocycles. The fourth-order valence-corrected chi connectivity index (χ4v) is 1.16. The Balaban J connectivity index is 4.06. The predicted molar refractivity (Wildman–Crippen MR) is 70.0 cm³/mol. The third-order valence-corrected chi connectivity index (χ3v) is 2.61. The first-order valence-electron chi connectivity index (χ1n) is 6.57. The lowest BCUT2D eigenvalue weighted by Gasteiger charge is -2.13. The Labute approximate surface area is 109 Å². The molecule has 0 spiro atoms. The van der Waals surface area contributed by atoms with E-state index in [4.69, 9.17) is 9.47 Å². The minimum atomic E-state index is -0.643. The van der Waals surface area contributed by atoms with E-state index in [1.54, 1.807) is 6.92 Å². The van der Waals surface area contributed by atoms with E-state index in [1.165, 1.54) is 0 Å². The molecule has 0 N–H and O–H groups in total. The summed E-state index contributed by atoms with van der Waals surface area (Å²) in [7, 11) is 0. The second-order valence-electron chi connectivity index (χ2n) is 4.26. The molecule has 18 heavy (non-hydrogen) atoms. The molecule has 0 saturated carbocycles. The molecule has 0 aliphatic rings. The summed E-state index contributed by atoms with van der Waals surface area (Å²) in [5.74, 6) is -1.57. The Kier molecular flexibility index (Phi) is 8.97. The SMILES string of the molecule is C=C(C(=O)OCCCC)C(C)C(=O)OCCCC. The maximum atomic E-state index is 11.6. The molecule has 0 heterocycles. The Morgan fingerprint density at radius 2 is 1.56 bits per heavy atom. The van der Waals surface area contributed by atoms with Crippen molar-refractivity contribution < 1.29 is 19.1 Å². The first-order chi connectivity index (χ1) is 8.54. The minimum absolute atomic E-state index is 0.160. The second kappa shape index (κ2) is 9.68. The van der Waals surface area contributed by atoms with Gasteiger partial charge >= 0.3 is 11.9 Å². The van der Waals surface area contributed by atoms with Crippen LogP contribution in [-0.4, -0.2) is 25.2 Å². The zero-order valence-corrected chi connectivity index (χ0v) is 11.7. The van der Waals surface area contributed by atoms with Crippen molar-refractivity contribution >= 4 is 11.9 Å². The molecule has 0 bridgehead atoms. The van der Waals surface area contributed by atoms with Crippen LogP contribution < -0.4 is 0 Å². The largest absolute Gasteiger partial charge is 0.465 e. The van der Waals surface area contributed by atoms with Gasteiger partial charge in [-0.05, 0) is 19.8 Å². The first kappa shape index (κ1) is 16.7. The molecule has 1 unspecified atom stereocenters. The third kappa shape index (κ3) is 6.42. The molecule has 0 fully saturated rings. The van der Waals surface area contributed by atoms with Crippen LogP contribution in [0.25, 0.3) is 0 Å². The maximum absolute atomic E-state index is 11.6. The molecular weight excluding hydrogens is 232 g/mol. The van der Waals surface area contributed by atoms with Gasteiger partial charge in [0.05, 0.1) is 19.1 Å². The zero-order valence-electron chi connectivity index (χ0n) is 11.7. The number of hydrogen-bond acceptors (Lipinski definition) is 4. The molecule has 0 radical (unpaired) electrons. The monoisotopic (exact) mass is 256 g/mol. The van der Waals surface area contributed by atoms with Gasteiger partial charge < -0.3 is 9.47 Å². The van der Waals surface area contributed by atoms with Crippen LogP contribution >= 0.6 is 0 Å². The highest BCUT2D eigenvalue weighted by molar-refractivity contribution is 5.94. The van der Waals surface area contributed by atoms with Crippen molar-refractivity contribution in [1.82, 2.24) is 0 Å². The standard InChI is InChI=1S/C14H24O4/c1-5-7-9-17-13(15)11(3)12(4)14(16)18-10-8-6-2/h12H,3,5-10H2,1-2,4H3. The summed E-state index contributed by atoms with van der Waals surface area (Å²) < 4.78 is 10.0. The van der Waals surface area contributed by atoms with Crippen molar-refractivity contribution in [3.63, 3.8) is 0 Å². The van der Waals surface area contributed by atoms with Crippen LogP contribution in [0, 0.1) is 5.92 Å². The average Bonchev–Trinajstić information content (AvgIpc) is 2.37. The van der Waals surface area contributed by atoms with E-state index in [2.05, 4.69) is 6.58 Å². The van der Waals surface area contributed by atoms with Crippen molar-refractivity contribution in [3.05, 3.63) is 12.2 Å². The topological polar surface area (TPSA) is 52.6 Å². The lowest BCUT2D eigenvalue weighted by molar-refractivity contribution is -0.150. The number of unbranched alkanes of at least 4 members (excludes halogenated alkanes) is 2. The fraction of sp³-hybridized carbons (Fsp3) is 0.714. The number of carbonyl (C=O) groups is 2. The number of ether oxygens (including phenoxy) is 2. The Bertz CT molecular complexity index is 284. The highest BCUT2D eigenvalue weighted by Crippen LogP contribution is 2.12. The van der Waals surface area contributed by atoms with E-state index in [0.29, 0.717) is 13.2 Å². The van der Waals surface area contributed by atoms with Crippen LogP contribution in [0.3, 0.4) is 0 Å². The molecule has 104 valence electrons. The summed E-state index contributed by atoms with van der Waals surface area (Å²) >= 11 is 0. The van der Waals surface area contributed by atoms with Crippen molar-refractivity contribution in [1.29, 1.82) is 0 Å². The van der Waals surface area contributed by atoms with Gasteiger partial charge in [0, 0.05) is 5.57 Å². The van der Waals surface area contributed by atoms with E-state index in [-0.39, 0.29) is 5.57 Å². The van der Waals surface area contributed by atoms with Crippen LogP contribution in [0.4, 0.5) is 0 Å². The van der Waals surface area contributed by atoms with Gasteiger partial charge in [0.1, 0.15) is 0 Å². The molecule has 4 nitrogen and oxygen atoms in total. The summed E-state index contributed by atoms with van der Waals surface area (Å²) in [4.78, 5) is 23.2. The van der Waals surface area contributed by atoms with Crippen molar-refractivity contribution in [2.75, 3.05) is 13.2 Å². The van der Waals surface area contributed by atoms with Gasteiger partial charge in [-0.15, -0.1) is 0 Å². The Morgan fingerprint density at radius 3 is 2.06 bits per heavy atom. The van der Waals surface area contributed by atoms with E-state index >= 15 is 0 Å². The van der Waals surface area contributed by atoms with Gasteiger partial charge in [-0.25, -0.2) is 4.79 Å². The third-order valence-electron chi connectivity index (χ3n) is 2.61. The minimum Gasteiger partial charge on any atom is -0.465 e. The van der Waals surface area contributed by atoms with Gasteiger partial charge in [-0.1, -0.05) is 33.3 Å². The summed E-state index contributed by atoms with van der Waals surface area (Å²) in [6.45, 7) is 10.00. The zero-order chi connectivity index (χ0) is 14.0.